The summed E-state index contributed by atoms with van der Waals surface area (Å²) in [6, 6.07) is 6.46. The van der Waals surface area contributed by atoms with Crippen LogP contribution in [0.3, 0.4) is 0 Å². The summed E-state index contributed by atoms with van der Waals surface area (Å²) in [5.41, 5.74) is 0.340. The summed E-state index contributed by atoms with van der Waals surface area (Å²) in [6.07, 6.45) is 0.688. The number of carbonyl (C=O) groups is 3. The van der Waals surface area contributed by atoms with Crippen LogP contribution in [0.15, 0.2) is 24.3 Å². The van der Waals surface area contributed by atoms with Crippen molar-refractivity contribution in [2.45, 2.75) is 19.8 Å². The lowest BCUT2D eigenvalue weighted by atomic mass is 10.2. The summed E-state index contributed by atoms with van der Waals surface area (Å²) in [5, 5.41) is 2.55. The van der Waals surface area contributed by atoms with Gasteiger partial charge in [-0.25, -0.2) is 4.79 Å². The number of esters is 2. The van der Waals surface area contributed by atoms with E-state index in [2.05, 4.69) is 10.1 Å². The fourth-order valence-electron chi connectivity index (χ4n) is 1.68. The molecule has 0 radical (unpaired) electrons. The molecule has 1 N–H and O–H groups in total. The molecule has 1 aromatic rings. The number of amides is 1. The van der Waals surface area contributed by atoms with E-state index in [9.17, 15) is 14.4 Å². The van der Waals surface area contributed by atoms with Gasteiger partial charge in [0.25, 0.3) is 5.91 Å². The molecule has 0 fully saturated rings. The van der Waals surface area contributed by atoms with Gasteiger partial charge in [-0.05, 0) is 37.6 Å². The van der Waals surface area contributed by atoms with Gasteiger partial charge in [0.05, 0.1) is 19.3 Å². The van der Waals surface area contributed by atoms with Crippen molar-refractivity contribution in [3.8, 4) is 5.75 Å². The Morgan fingerprint density at radius 1 is 1.13 bits per heavy atom. The summed E-state index contributed by atoms with van der Waals surface area (Å²) < 4.78 is 14.7. The number of hydrogen-bond donors (Lipinski definition) is 1. The number of carbonyl (C=O) groups excluding carboxylic acids is 3. The SMILES string of the molecule is CCOc1ccc(C(=O)OCC(=O)NCCCC(=O)OC)cc1. The van der Waals surface area contributed by atoms with E-state index >= 15 is 0 Å². The van der Waals surface area contributed by atoms with Crippen LogP contribution in [0.4, 0.5) is 0 Å². The van der Waals surface area contributed by atoms with Crippen LogP contribution in [-0.2, 0) is 19.1 Å². The van der Waals surface area contributed by atoms with Gasteiger partial charge >= 0.3 is 11.9 Å². The molecule has 1 aromatic carbocycles. The number of nitrogens with one attached hydrogen (secondary N) is 1. The second-order valence-corrected chi connectivity index (χ2v) is 4.56. The van der Waals surface area contributed by atoms with E-state index in [1.165, 1.54) is 7.11 Å². The van der Waals surface area contributed by atoms with Gasteiger partial charge in [-0.1, -0.05) is 0 Å². The minimum Gasteiger partial charge on any atom is -0.494 e. The first-order chi connectivity index (χ1) is 11.1. The molecule has 0 spiro atoms. The first-order valence-electron chi connectivity index (χ1n) is 7.30. The predicted octanol–water partition coefficient (Wildman–Crippen LogP) is 1.31. The molecule has 0 saturated heterocycles. The molecular formula is C16H21NO6. The zero-order valence-electron chi connectivity index (χ0n) is 13.3. The summed E-state index contributed by atoms with van der Waals surface area (Å²) in [5.74, 6) is -0.680. The van der Waals surface area contributed by atoms with E-state index < -0.39 is 11.9 Å². The third-order valence-electron chi connectivity index (χ3n) is 2.84. The van der Waals surface area contributed by atoms with E-state index in [-0.39, 0.29) is 19.0 Å². The Kier molecular flexibility index (Phi) is 8.20. The van der Waals surface area contributed by atoms with Gasteiger partial charge in [0.2, 0.25) is 0 Å². The first kappa shape index (κ1) is 18.5. The molecule has 7 heteroatoms. The maximum atomic E-state index is 11.8. The van der Waals surface area contributed by atoms with Crippen LogP contribution >= 0.6 is 0 Å². The van der Waals surface area contributed by atoms with Crippen molar-refractivity contribution in [2.24, 2.45) is 0 Å². The lowest BCUT2D eigenvalue weighted by Crippen LogP contribution is -2.29. The Labute approximate surface area is 134 Å². The predicted molar refractivity (Wildman–Crippen MR) is 82.2 cm³/mol. The highest BCUT2D eigenvalue weighted by Gasteiger charge is 2.10. The van der Waals surface area contributed by atoms with Gasteiger partial charge < -0.3 is 19.5 Å². The average molecular weight is 323 g/mol. The molecule has 0 aromatic heterocycles. The van der Waals surface area contributed by atoms with Crippen molar-refractivity contribution in [3.05, 3.63) is 29.8 Å². The third kappa shape index (κ3) is 7.30. The molecule has 0 atom stereocenters. The minimum absolute atomic E-state index is 0.225. The highest BCUT2D eigenvalue weighted by atomic mass is 16.5. The molecule has 0 saturated carbocycles. The summed E-state index contributed by atoms with van der Waals surface area (Å²) in [4.78, 5) is 34.2. The van der Waals surface area contributed by atoms with Crippen LogP contribution < -0.4 is 10.1 Å². The molecule has 0 aliphatic rings. The van der Waals surface area contributed by atoms with Gasteiger partial charge in [-0.3, -0.25) is 9.59 Å². The maximum absolute atomic E-state index is 11.8. The molecule has 23 heavy (non-hydrogen) atoms. The quantitative estimate of drug-likeness (QED) is 0.544. The summed E-state index contributed by atoms with van der Waals surface area (Å²) in [7, 11) is 1.31. The number of methoxy groups -OCH3 is 1. The van der Waals surface area contributed by atoms with Crippen LogP contribution in [0, 0.1) is 0 Å². The number of hydrogen-bond acceptors (Lipinski definition) is 6. The standard InChI is InChI=1S/C16H21NO6/c1-3-22-13-8-6-12(7-9-13)16(20)23-11-14(18)17-10-4-5-15(19)21-2/h6-9H,3-5,10-11H2,1-2H3,(H,17,18). The van der Waals surface area contributed by atoms with Crippen LogP contribution in [-0.4, -0.2) is 44.7 Å². The molecule has 1 rings (SSSR count). The molecular weight excluding hydrogens is 302 g/mol. The zero-order valence-corrected chi connectivity index (χ0v) is 13.3. The molecule has 1 amide bonds. The van der Waals surface area contributed by atoms with Crippen LogP contribution in [0.1, 0.15) is 30.1 Å². The highest BCUT2D eigenvalue weighted by molar-refractivity contribution is 5.91. The van der Waals surface area contributed by atoms with Crippen molar-refractivity contribution >= 4 is 17.8 Å². The largest absolute Gasteiger partial charge is 0.494 e. The Balaban J connectivity index is 2.26. The van der Waals surface area contributed by atoms with E-state index in [0.717, 1.165) is 0 Å². The topological polar surface area (TPSA) is 90.9 Å². The molecule has 7 nitrogen and oxygen atoms in total. The van der Waals surface area contributed by atoms with Crippen LogP contribution in [0.5, 0.6) is 5.75 Å². The molecule has 0 unspecified atom stereocenters. The fourth-order valence-corrected chi connectivity index (χ4v) is 1.68. The lowest BCUT2D eigenvalue weighted by Gasteiger charge is -2.07. The first-order valence-corrected chi connectivity index (χ1v) is 7.30. The van der Waals surface area contributed by atoms with Gasteiger partial charge in [-0.15, -0.1) is 0 Å². The van der Waals surface area contributed by atoms with Gasteiger partial charge in [0, 0.05) is 13.0 Å². The van der Waals surface area contributed by atoms with E-state index in [4.69, 9.17) is 9.47 Å². The summed E-state index contributed by atoms with van der Waals surface area (Å²) >= 11 is 0. The second kappa shape index (κ2) is 10.2. The fraction of sp³-hybridized carbons (Fsp3) is 0.438. The third-order valence-corrected chi connectivity index (χ3v) is 2.84. The van der Waals surface area contributed by atoms with E-state index in [1.54, 1.807) is 24.3 Å². The van der Waals surface area contributed by atoms with E-state index in [0.29, 0.717) is 30.9 Å². The lowest BCUT2D eigenvalue weighted by molar-refractivity contribution is -0.140. The maximum Gasteiger partial charge on any atom is 0.338 e. The van der Waals surface area contributed by atoms with Gasteiger partial charge in [-0.2, -0.15) is 0 Å². The molecule has 0 aliphatic carbocycles. The molecule has 0 bridgehead atoms. The summed E-state index contributed by atoms with van der Waals surface area (Å²) in [6.45, 7) is 2.35. The van der Waals surface area contributed by atoms with Gasteiger partial charge in [0.15, 0.2) is 6.61 Å². The Morgan fingerprint density at radius 2 is 1.83 bits per heavy atom. The molecule has 0 heterocycles. The molecule has 0 aliphatic heterocycles. The van der Waals surface area contributed by atoms with Gasteiger partial charge in [0.1, 0.15) is 5.75 Å². The van der Waals surface area contributed by atoms with Crippen molar-refractivity contribution in [1.29, 1.82) is 0 Å². The van der Waals surface area contributed by atoms with Crippen molar-refractivity contribution in [1.82, 2.24) is 5.32 Å². The van der Waals surface area contributed by atoms with Crippen molar-refractivity contribution in [2.75, 3.05) is 26.9 Å². The number of ether oxygens (including phenoxy) is 3. The minimum atomic E-state index is -0.585. The van der Waals surface area contributed by atoms with Crippen molar-refractivity contribution < 1.29 is 28.6 Å². The smallest absolute Gasteiger partial charge is 0.338 e. The van der Waals surface area contributed by atoms with Crippen LogP contribution in [0.2, 0.25) is 0 Å². The number of rotatable bonds is 9. The Bertz CT molecular complexity index is 526. The average Bonchev–Trinajstić information content (AvgIpc) is 2.57. The second-order valence-electron chi connectivity index (χ2n) is 4.56. The zero-order chi connectivity index (χ0) is 17.1. The Hall–Kier alpha value is -2.57. The van der Waals surface area contributed by atoms with Crippen LogP contribution in [0.25, 0.3) is 0 Å². The highest BCUT2D eigenvalue weighted by Crippen LogP contribution is 2.12. The number of benzene rings is 1. The monoisotopic (exact) mass is 323 g/mol. The normalized spacial score (nSPS) is 9.83. The van der Waals surface area contributed by atoms with Crippen molar-refractivity contribution in [3.63, 3.8) is 0 Å². The van der Waals surface area contributed by atoms with E-state index in [1.807, 2.05) is 6.92 Å². The molecule has 126 valence electrons. The Morgan fingerprint density at radius 3 is 2.43 bits per heavy atom.